The Morgan fingerprint density at radius 3 is 2.07 bits per heavy atom. The standard InChI is InChI=1S/C22H34N2O3/c1-6-17(7-2)20(25)23-13-8-14-24(16-15-23)21(26)18-9-11-19(12-10-18)27-22(3,4)5/h9-12,17H,6-8,13-16H2,1-5H3. The summed E-state index contributed by atoms with van der Waals surface area (Å²) in [5.41, 5.74) is 0.400. The van der Waals surface area contributed by atoms with Crippen molar-refractivity contribution >= 4 is 11.8 Å². The predicted molar refractivity (Wildman–Crippen MR) is 108 cm³/mol. The van der Waals surface area contributed by atoms with Gasteiger partial charge in [-0.25, -0.2) is 0 Å². The van der Waals surface area contributed by atoms with Gasteiger partial charge in [0.2, 0.25) is 5.91 Å². The Bertz CT molecular complexity index is 630. The monoisotopic (exact) mass is 374 g/mol. The molecule has 1 aliphatic rings. The van der Waals surface area contributed by atoms with Crippen molar-refractivity contribution in [2.45, 2.75) is 59.5 Å². The van der Waals surface area contributed by atoms with E-state index in [1.54, 1.807) is 0 Å². The van der Waals surface area contributed by atoms with Gasteiger partial charge in [0.1, 0.15) is 11.4 Å². The molecule has 2 rings (SSSR count). The van der Waals surface area contributed by atoms with E-state index in [4.69, 9.17) is 4.74 Å². The van der Waals surface area contributed by atoms with Crippen molar-refractivity contribution in [1.82, 2.24) is 9.80 Å². The molecule has 0 N–H and O–H groups in total. The molecule has 0 saturated carbocycles. The topological polar surface area (TPSA) is 49.9 Å². The SMILES string of the molecule is CCC(CC)C(=O)N1CCCN(C(=O)c2ccc(OC(C)(C)C)cc2)CC1. The van der Waals surface area contributed by atoms with Crippen LogP contribution in [0.15, 0.2) is 24.3 Å². The Morgan fingerprint density at radius 1 is 0.963 bits per heavy atom. The Labute approximate surface area is 163 Å². The van der Waals surface area contributed by atoms with Crippen LogP contribution in [0.4, 0.5) is 0 Å². The summed E-state index contributed by atoms with van der Waals surface area (Å²) < 4.78 is 5.82. The molecule has 0 aromatic heterocycles. The van der Waals surface area contributed by atoms with E-state index in [0.717, 1.165) is 31.6 Å². The lowest BCUT2D eigenvalue weighted by atomic mass is 10.0. The molecule has 1 aromatic carbocycles. The van der Waals surface area contributed by atoms with Crippen molar-refractivity contribution in [3.05, 3.63) is 29.8 Å². The minimum atomic E-state index is -0.263. The highest BCUT2D eigenvalue weighted by molar-refractivity contribution is 5.94. The van der Waals surface area contributed by atoms with Crippen LogP contribution in [-0.4, -0.2) is 53.4 Å². The molecule has 150 valence electrons. The summed E-state index contributed by atoms with van der Waals surface area (Å²) in [6, 6.07) is 7.33. The molecular formula is C22H34N2O3. The maximum atomic E-state index is 12.9. The highest BCUT2D eigenvalue weighted by Gasteiger charge is 2.26. The third-order valence-corrected chi connectivity index (χ3v) is 4.95. The van der Waals surface area contributed by atoms with E-state index in [2.05, 4.69) is 13.8 Å². The Hall–Kier alpha value is -2.04. The lowest BCUT2D eigenvalue weighted by molar-refractivity contribution is -0.135. The van der Waals surface area contributed by atoms with E-state index in [9.17, 15) is 9.59 Å². The maximum Gasteiger partial charge on any atom is 0.253 e. The number of nitrogens with zero attached hydrogens (tertiary/aromatic N) is 2. The van der Waals surface area contributed by atoms with Gasteiger partial charge in [0.05, 0.1) is 0 Å². The van der Waals surface area contributed by atoms with Gasteiger partial charge in [0.15, 0.2) is 0 Å². The number of amides is 2. The molecule has 0 atom stereocenters. The summed E-state index contributed by atoms with van der Waals surface area (Å²) >= 11 is 0. The van der Waals surface area contributed by atoms with E-state index in [1.807, 2.05) is 54.8 Å². The summed E-state index contributed by atoms with van der Waals surface area (Å²) in [4.78, 5) is 29.3. The first-order valence-corrected chi connectivity index (χ1v) is 10.1. The van der Waals surface area contributed by atoms with Gasteiger partial charge >= 0.3 is 0 Å². The highest BCUT2D eigenvalue weighted by Crippen LogP contribution is 2.20. The van der Waals surface area contributed by atoms with Crippen molar-refractivity contribution in [1.29, 1.82) is 0 Å². The number of ether oxygens (including phenoxy) is 1. The fourth-order valence-electron chi connectivity index (χ4n) is 3.44. The zero-order valence-corrected chi connectivity index (χ0v) is 17.5. The molecule has 0 aliphatic carbocycles. The van der Waals surface area contributed by atoms with Gasteiger partial charge in [-0.05, 0) is 64.3 Å². The van der Waals surface area contributed by atoms with Crippen molar-refractivity contribution in [3.8, 4) is 5.75 Å². The van der Waals surface area contributed by atoms with E-state index in [0.29, 0.717) is 25.2 Å². The second-order valence-electron chi connectivity index (χ2n) is 8.22. The lowest BCUT2D eigenvalue weighted by Gasteiger charge is -2.25. The lowest BCUT2D eigenvalue weighted by Crippen LogP contribution is -2.39. The predicted octanol–water partition coefficient (Wildman–Crippen LogP) is 3.97. The molecule has 5 heteroatoms. The average Bonchev–Trinajstić information content (AvgIpc) is 2.87. The van der Waals surface area contributed by atoms with Gasteiger partial charge < -0.3 is 14.5 Å². The van der Waals surface area contributed by atoms with Gasteiger partial charge in [-0.2, -0.15) is 0 Å². The summed E-state index contributed by atoms with van der Waals surface area (Å²) in [7, 11) is 0. The smallest absolute Gasteiger partial charge is 0.253 e. The Morgan fingerprint density at radius 2 is 1.52 bits per heavy atom. The number of rotatable bonds is 5. The zero-order chi connectivity index (χ0) is 20.0. The number of carbonyl (C=O) groups excluding carboxylic acids is 2. The zero-order valence-electron chi connectivity index (χ0n) is 17.5. The highest BCUT2D eigenvalue weighted by atomic mass is 16.5. The fourth-order valence-corrected chi connectivity index (χ4v) is 3.44. The summed E-state index contributed by atoms with van der Waals surface area (Å²) in [5, 5.41) is 0. The van der Waals surface area contributed by atoms with Crippen LogP contribution >= 0.6 is 0 Å². The minimum Gasteiger partial charge on any atom is -0.488 e. The van der Waals surface area contributed by atoms with Crippen molar-refractivity contribution in [2.24, 2.45) is 5.92 Å². The summed E-state index contributed by atoms with van der Waals surface area (Å²) in [6.07, 6.45) is 2.57. The minimum absolute atomic E-state index is 0.0224. The van der Waals surface area contributed by atoms with Crippen LogP contribution in [-0.2, 0) is 4.79 Å². The van der Waals surface area contributed by atoms with Crippen LogP contribution in [0.25, 0.3) is 0 Å². The molecule has 1 saturated heterocycles. The van der Waals surface area contributed by atoms with Gasteiger partial charge in [-0.3, -0.25) is 9.59 Å². The molecular weight excluding hydrogens is 340 g/mol. The number of hydrogen-bond donors (Lipinski definition) is 0. The molecule has 0 radical (unpaired) electrons. The van der Waals surface area contributed by atoms with E-state index < -0.39 is 0 Å². The van der Waals surface area contributed by atoms with Crippen LogP contribution in [0.1, 0.15) is 64.2 Å². The first-order chi connectivity index (χ1) is 12.7. The van der Waals surface area contributed by atoms with Crippen molar-refractivity contribution < 1.29 is 14.3 Å². The molecule has 1 aromatic rings. The molecule has 0 unspecified atom stereocenters. The van der Waals surface area contributed by atoms with Crippen molar-refractivity contribution in [3.63, 3.8) is 0 Å². The van der Waals surface area contributed by atoms with Crippen molar-refractivity contribution in [2.75, 3.05) is 26.2 Å². The normalized spacial score (nSPS) is 15.6. The third kappa shape index (κ3) is 5.98. The van der Waals surface area contributed by atoms with Gasteiger partial charge in [-0.1, -0.05) is 13.8 Å². The first kappa shape index (κ1) is 21.3. The van der Waals surface area contributed by atoms with Crippen LogP contribution in [0.2, 0.25) is 0 Å². The van der Waals surface area contributed by atoms with Crippen LogP contribution in [0.3, 0.4) is 0 Å². The quantitative estimate of drug-likeness (QED) is 0.783. The average molecular weight is 375 g/mol. The van der Waals surface area contributed by atoms with Crippen LogP contribution in [0.5, 0.6) is 5.75 Å². The summed E-state index contributed by atoms with van der Waals surface area (Å²) in [6.45, 7) is 12.7. The molecule has 0 spiro atoms. The molecule has 0 bridgehead atoms. The molecule has 5 nitrogen and oxygen atoms in total. The number of hydrogen-bond acceptors (Lipinski definition) is 3. The molecule has 2 amide bonds. The number of carbonyl (C=O) groups is 2. The molecule has 1 fully saturated rings. The van der Waals surface area contributed by atoms with Gasteiger partial charge in [0, 0.05) is 37.7 Å². The van der Waals surface area contributed by atoms with E-state index in [-0.39, 0.29) is 23.3 Å². The van der Waals surface area contributed by atoms with Crippen LogP contribution in [0, 0.1) is 5.92 Å². The van der Waals surface area contributed by atoms with Crippen LogP contribution < -0.4 is 4.74 Å². The van der Waals surface area contributed by atoms with E-state index in [1.165, 1.54) is 0 Å². The van der Waals surface area contributed by atoms with E-state index >= 15 is 0 Å². The Balaban J connectivity index is 1.98. The Kier molecular flexibility index (Phi) is 7.28. The fraction of sp³-hybridized carbons (Fsp3) is 0.636. The third-order valence-electron chi connectivity index (χ3n) is 4.95. The van der Waals surface area contributed by atoms with Gasteiger partial charge in [0.25, 0.3) is 5.91 Å². The number of benzene rings is 1. The largest absolute Gasteiger partial charge is 0.488 e. The maximum absolute atomic E-state index is 12.9. The second-order valence-corrected chi connectivity index (χ2v) is 8.22. The molecule has 1 aliphatic heterocycles. The summed E-state index contributed by atoms with van der Waals surface area (Å²) in [5.74, 6) is 1.12. The molecule has 1 heterocycles. The van der Waals surface area contributed by atoms with Gasteiger partial charge in [-0.15, -0.1) is 0 Å². The second kappa shape index (κ2) is 9.25. The molecule has 27 heavy (non-hydrogen) atoms. The first-order valence-electron chi connectivity index (χ1n) is 10.1.